The number of carbonyl (C=O) groups is 1. The number of amides is 1. The number of benzene rings is 1. The van der Waals surface area contributed by atoms with E-state index in [9.17, 15) is 4.79 Å². The molecule has 1 aromatic heterocycles. The zero-order valence-corrected chi connectivity index (χ0v) is 13.2. The summed E-state index contributed by atoms with van der Waals surface area (Å²) in [6, 6.07) is 10.5. The van der Waals surface area contributed by atoms with Gasteiger partial charge in [0.05, 0.1) is 11.1 Å². The molecule has 0 aliphatic rings. The van der Waals surface area contributed by atoms with Gasteiger partial charge in [0.25, 0.3) is 5.91 Å². The van der Waals surface area contributed by atoms with Gasteiger partial charge in [-0.2, -0.15) is 0 Å². The van der Waals surface area contributed by atoms with Crippen molar-refractivity contribution in [2.45, 2.75) is 13.0 Å². The fourth-order valence-electron chi connectivity index (χ4n) is 1.86. The summed E-state index contributed by atoms with van der Waals surface area (Å²) in [5.41, 5.74) is 1.11. The molecule has 1 aromatic carbocycles. The number of nitrogens with zero attached hydrogens (tertiary/aromatic N) is 1. The first-order chi connectivity index (χ1) is 10.0. The molecule has 1 unspecified atom stereocenters. The van der Waals surface area contributed by atoms with Gasteiger partial charge >= 0.3 is 0 Å². The van der Waals surface area contributed by atoms with Crippen molar-refractivity contribution in [1.82, 2.24) is 10.3 Å². The lowest BCUT2D eigenvalue weighted by Crippen LogP contribution is -2.27. The highest BCUT2D eigenvalue weighted by atomic mass is 35.5. The number of pyridine rings is 1. The van der Waals surface area contributed by atoms with Gasteiger partial charge in [-0.3, -0.25) is 4.79 Å². The molecule has 6 heteroatoms. The molecule has 0 aliphatic carbocycles. The lowest BCUT2D eigenvalue weighted by Gasteiger charge is -2.15. The van der Waals surface area contributed by atoms with Crippen LogP contribution in [0.5, 0.6) is 0 Å². The van der Waals surface area contributed by atoms with Crippen LogP contribution in [0.25, 0.3) is 0 Å². The van der Waals surface area contributed by atoms with Crippen LogP contribution in [-0.4, -0.2) is 17.9 Å². The van der Waals surface area contributed by atoms with E-state index in [0.717, 1.165) is 5.56 Å². The third kappa shape index (κ3) is 3.86. The second-order valence-corrected chi connectivity index (χ2v) is 5.37. The SMILES string of the molecule is CNc1ccc(Cl)c(C(=O)NC(C)c2cccc(Cl)c2)n1. The number of nitrogens with one attached hydrogen (secondary N) is 2. The van der Waals surface area contributed by atoms with Crippen LogP contribution in [0.2, 0.25) is 10.0 Å². The van der Waals surface area contributed by atoms with Crippen molar-refractivity contribution in [2.24, 2.45) is 0 Å². The molecule has 0 saturated carbocycles. The van der Waals surface area contributed by atoms with Gasteiger partial charge in [0.15, 0.2) is 0 Å². The normalized spacial score (nSPS) is 11.8. The summed E-state index contributed by atoms with van der Waals surface area (Å²) in [5, 5.41) is 6.67. The van der Waals surface area contributed by atoms with Crippen molar-refractivity contribution in [3.63, 3.8) is 0 Å². The van der Waals surface area contributed by atoms with Gasteiger partial charge in [0.2, 0.25) is 0 Å². The first-order valence-electron chi connectivity index (χ1n) is 6.42. The zero-order chi connectivity index (χ0) is 15.4. The van der Waals surface area contributed by atoms with Gasteiger partial charge < -0.3 is 10.6 Å². The van der Waals surface area contributed by atoms with Gasteiger partial charge in [0.1, 0.15) is 11.5 Å². The van der Waals surface area contributed by atoms with E-state index in [1.807, 2.05) is 25.1 Å². The molecule has 1 amide bonds. The molecule has 110 valence electrons. The van der Waals surface area contributed by atoms with Gasteiger partial charge in [0, 0.05) is 12.1 Å². The smallest absolute Gasteiger partial charge is 0.271 e. The van der Waals surface area contributed by atoms with E-state index in [0.29, 0.717) is 15.9 Å². The molecule has 1 atom stereocenters. The molecule has 0 spiro atoms. The van der Waals surface area contributed by atoms with Gasteiger partial charge in [-0.15, -0.1) is 0 Å². The summed E-state index contributed by atoms with van der Waals surface area (Å²) in [4.78, 5) is 16.5. The monoisotopic (exact) mass is 323 g/mol. The zero-order valence-electron chi connectivity index (χ0n) is 11.7. The van der Waals surface area contributed by atoms with Gasteiger partial charge in [-0.25, -0.2) is 4.98 Å². The maximum atomic E-state index is 12.3. The fraction of sp³-hybridized carbons (Fsp3) is 0.200. The Morgan fingerprint density at radius 2 is 2.00 bits per heavy atom. The Kier molecular flexibility index (Phi) is 5.04. The summed E-state index contributed by atoms with van der Waals surface area (Å²) >= 11 is 12.0. The molecule has 0 radical (unpaired) electrons. The molecule has 21 heavy (non-hydrogen) atoms. The molecular formula is C15H15Cl2N3O. The highest BCUT2D eigenvalue weighted by Crippen LogP contribution is 2.20. The molecular weight excluding hydrogens is 309 g/mol. The number of hydrogen-bond acceptors (Lipinski definition) is 3. The Hall–Kier alpha value is -1.78. The maximum Gasteiger partial charge on any atom is 0.271 e. The summed E-state index contributed by atoms with van der Waals surface area (Å²) in [6.07, 6.45) is 0. The lowest BCUT2D eigenvalue weighted by molar-refractivity contribution is 0.0935. The lowest BCUT2D eigenvalue weighted by atomic mass is 10.1. The fourth-order valence-corrected chi connectivity index (χ4v) is 2.25. The minimum absolute atomic E-state index is 0.192. The van der Waals surface area contributed by atoms with Crippen molar-refractivity contribution >= 4 is 34.9 Å². The third-order valence-electron chi connectivity index (χ3n) is 3.01. The van der Waals surface area contributed by atoms with Crippen LogP contribution < -0.4 is 10.6 Å². The topological polar surface area (TPSA) is 54.0 Å². The molecule has 2 aromatic rings. The Morgan fingerprint density at radius 3 is 2.67 bits per heavy atom. The maximum absolute atomic E-state index is 12.3. The summed E-state index contributed by atoms with van der Waals surface area (Å²) in [5.74, 6) is 0.254. The van der Waals surface area contributed by atoms with Crippen molar-refractivity contribution in [1.29, 1.82) is 0 Å². The second kappa shape index (κ2) is 6.78. The Bertz CT molecular complexity index is 661. The van der Waals surface area contributed by atoms with E-state index in [1.54, 1.807) is 25.2 Å². The van der Waals surface area contributed by atoms with Crippen molar-refractivity contribution < 1.29 is 4.79 Å². The number of rotatable bonds is 4. The van der Waals surface area contributed by atoms with E-state index in [2.05, 4.69) is 15.6 Å². The average Bonchev–Trinajstić information content (AvgIpc) is 2.47. The molecule has 0 aliphatic heterocycles. The van der Waals surface area contributed by atoms with E-state index in [1.165, 1.54) is 0 Å². The average molecular weight is 324 g/mol. The van der Waals surface area contributed by atoms with Crippen molar-refractivity contribution in [3.8, 4) is 0 Å². The molecule has 0 bridgehead atoms. The summed E-state index contributed by atoms with van der Waals surface area (Å²) in [6.45, 7) is 1.87. The predicted octanol–water partition coefficient (Wildman–Crippen LogP) is 3.92. The molecule has 2 rings (SSSR count). The Morgan fingerprint density at radius 1 is 1.24 bits per heavy atom. The van der Waals surface area contributed by atoms with Crippen LogP contribution >= 0.6 is 23.2 Å². The molecule has 1 heterocycles. The van der Waals surface area contributed by atoms with Gasteiger partial charge in [-0.05, 0) is 36.8 Å². The van der Waals surface area contributed by atoms with Crippen LogP contribution in [0.15, 0.2) is 36.4 Å². The Balaban J connectivity index is 2.18. The standard InChI is InChI=1S/C15H15Cl2N3O/c1-9(10-4-3-5-11(16)8-10)19-15(21)14-12(17)6-7-13(18-2)20-14/h3-9H,1-2H3,(H,18,20)(H,19,21). The quantitative estimate of drug-likeness (QED) is 0.896. The second-order valence-electron chi connectivity index (χ2n) is 4.53. The van der Waals surface area contributed by atoms with Crippen molar-refractivity contribution in [3.05, 3.63) is 57.7 Å². The Labute approximate surface area is 133 Å². The molecule has 4 nitrogen and oxygen atoms in total. The van der Waals surface area contributed by atoms with E-state index in [4.69, 9.17) is 23.2 Å². The third-order valence-corrected chi connectivity index (χ3v) is 3.55. The van der Waals surface area contributed by atoms with Crippen LogP contribution in [-0.2, 0) is 0 Å². The molecule has 0 fully saturated rings. The number of hydrogen-bond donors (Lipinski definition) is 2. The van der Waals surface area contributed by atoms with Crippen LogP contribution in [0, 0.1) is 0 Å². The minimum atomic E-state index is -0.329. The van der Waals surface area contributed by atoms with Crippen LogP contribution in [0.1, 0.15) is 29.0 Å². The summed E-state index contributed by atoms with van der Waals surface area (Å²) in [7, 11) is 1.73. The molecule has 0 saturated heterocycles. The van der Waals surface area contributed by atoms with Crippen LogP contribution in [0.4, 0.5) is 5.82 Å². The predicted molar refractivity (Wildman–Crippen MR) is 86.1 cm³/mol. The first-order valence-corrected chi connectivity index (χ1v) is 7.17. The highest BCUT2D eigenvalue weighted by Gasteiger charge is 2.16. The number of halogens is 2. The summed E-state index contributed by atoms with van der Waals surface area (Å²) < 4.78 is 0. The molecule has 2 N–H and O–H groups in total. The van der Waals surface area contributed by atoms with E-state index >= 15 is 0 Å². The van der Waals surface area contributed by atoms with E-state index < -0.39 is 0 Å². The number of anilines is 1. The number of aromatic nitrogens is 1. The van der Waals surface area contributed by atoms with E-state index in [-0.39, 0.29) is 17.6 Å². The highest BCUT2D eigenvalue weighted by molar-refractivity contribution is 6.33. The van der Waals surface area contributed by atoms with Crippen molar-refractivity contribution in [2.75, 3.05) is 12.4 Å². The largest absolute Gasteiger partial charge is 0.373 e. The first kappa shape index (κ1) is 15.6. The van der Waals surface area contributed by atoms with Gasteiger partial charge in [-0.1, -0.05) is 35.3 Å². The van der Waals surface area contributed by atoms with Crippen LogP contribution in [0.3, 0.4) is 0 Å². The minimum Gasteiger partial charge on any atom is -0.373 e. The number of carbonyl (C=O) groups excluding carboxylic acids is 1.